The molecule has 3 N–H and O–H groups in total. The number of aliphatic imine (C=N–C) groups is 1. The van der Waals surface area contributed by atoms with Crippen molar-refractivity contribution in [3.63, 3.8) is 0 Å². The minimum atomic E-state index is -0.195. The van der Waals surface area contributed by atoms with Crippen molar-refractivity contribution in [2.45, 2.75) is 43.6 Å². The Morgan fingerprint density at radius 1 is 1.32 bits per heavy atom. The molecule has 4 nitrogen and oxygen atoms in total. The van der Waals surface area contributed by atoms with E-state index in [1.807, 2.05) is 12.1 Å². The lowest BCUT2D eigenvalue weighted by molar-refractivity contribution is 0.114. The number of halogens is 1. The summed E-state index contributed by atoms with van der Waals surface area (Å²) in [6.07, 6.45) is 5.82. The van der Waals surface area contributed by atoms with Crippen LogP contribution in [0.25, 0.3) is 0 Å². The maximum Gasteiger partial charge on any atom is 0.188 e. The highest BCUT2D eigenvalue weighted by Gasteiger charge is 2.38. The molecule has 5 heteroatoms. The van der Waals surface area contributed by atoms with Crippen LogP contribution >= 0.6 is 0 Å². The third kappa shape index (κ3) is 3.40. The van der Waals surface area contributed by atoms with Gasteiger partial charge in [0, 0.05) is 18.6 Å². The molecule has 1 heterocycles. The van der Waals surface area contributed by atoms with Gasteiger partial charge in [0.2, 0.25) is 0 Å². The van der Waals surface area contributed by atoms with Crippen molar-refractivity contribution in [1.82, 2.24) is 5.32 Å². The van der Waals surface area contributed by atoms with Gasteiger partial charge in [-0.25, -0.2) is 4.39 Å². The van der Waals surface area contributed by atoms with Gasteiger partial charge in [-0.2, -0.15) is 0 Å². The fourth-order valence-electron chi connectivity index (χ4n) is 3.26. The Hall–Kier alpha value is -1.62. The molecule has 1 unspecified atom stereocenters. The van der Waals surface area contributed by atoms with Gasteiger partial charge in [0.15, 0.2) is 5.96 Å². The molecule has 0 radical (unpaired) electrons. The molecular weight excluding hydrogens is 281 g/mol. The maximum atomic E-state index is 13.1. The molecule has 3 rings (SSSR count). The minimum absolute atomic E-state index is 0.0316. The van der Waals surface area contributed by atoms with E-state index in [9.17, 15) is 4.39 Å². The topological polar surface area (TPSA) is 59.6 Å². The van der Waals surface area contributed by atoms with Gasteiger partial charge in [0.25, 0.3) is 0 Å². The van der Waals surface area contributed by atoms with Crippen molar-refractivity contribution in [3.05, 3.63) is 35.6 Å². The van der Waals surface area contributed by atoms with E-state index in [4.69, 9.17) is 10.5 Å². The lowest BCUT2D eigenvalue weighted by atomic mass is 9.64. The van der Waals surface area contributed by atoms with E-state index in [1.54, 1.807) is 0 Å². The second-order valence-electron chi connectivity index (χ2n) is 6.36. The highest BCUT2D eigenvalue weighted by atomic mass is 19.1. The van der Waals surface area contributed by atoms with E-state index in [1.165, 1.54) is 18.6 Å². The van der Waals surface area contributed by atoms with Crippen LogP contribution in [-0.2, 0) is 10.2 Å². The zero-order chi connectivity index (χ0) is 15.4. The number of hydrogen-bond acceptors (Lipinski definition) is 2. The highest BCUT2D eigenvalue weighted by Crippen LogP contribution is 2.43. The fraction of sp³-hybridized carbons (Fsp3) is 0.588. The monoisotopic (exact) mass is 305 g/mol. The summed E-state index contributed by atoms with van der Waals surface area (Å²) in [6, 6.07) is 6.80. The van der Waals surface area contributed by atoms with Gasteiger partial charge in [0.1, 0.15) is 5.82 Å². The van der Waals surface area contributed by atoms with E-state index in [0.29, 0.717) is 12.5 Å². The smallest absolute Gasteiger partial charge is 0.188 e. The largest absolute Gasteiger partial charge is 0.376 e. The molecule has 1 aromatic rings. The van der Waals surface area contributed by atoms with E-state index in [-0.39, 0.29) is 17.3 Å². The molecule has 1 saturated carbocycles. The van der Waals surface area contributed by atoms with E-state index >= 15 is 0 Å². The van der Waals surface area contributed by atoms with Gasteiger partial charge in [0.05, 0.1) is 12.6 Å². The minimum Gasteiger partial charge on any atom is -0.376 e. The number of ether oxygens (including phenoxy) is 1. The molecule has 1 atom stereocenters. The first kappa shape index (κ1) is 15.3. The number of hydrogen-bond donors (Lipinski definition) is 2. The Kier molecular flexibility index (Phi) is 4.62. The van der Waals surface area contributed by atoms with Crippen LogP contribution in [-0.4, -0.2) is 31.8 Å². The Bertz CT molecular complexity index is 519. The lowest BCUT2D eigenvalue weighted by Gasteiger charge is -2.41. The summed E-state index contributed by atoms with van der Waals surface area (Å²) in [5, 5.41) is 3.15. The number of guanidine groups is 1. The van der Waals surface area contributed by atoms with E-state index in [0.717, 1.165) is 44.4 Å². The van der Waals surface area contributed by atoms with E-state index < -0.39 is 0 Å². The molecule has 0 bridgehead atoms. The van der Waals surface area contributed by atoms with Gasteiger partial charge >= 0.3 is 0 Å². The van der Waals surface area contributed by atoms with Crippen molar-refractivity contribution in [1.29, 1.82) is 0 Å². The second-order valence-corrected chi connectivity index (χ2v) is 6.36. The van der Waals surface area contributed by atoms with Crippen molar-refractivity contribution >= 4 is 5.96 Å². The molecular formula is C17H24FN3O. The Balaban J connectivity index is 1.57. The molecule has 120 valence electrons. The van der Waals surface area contributed by atoms with Gasteiger partial charge in [-0.1, -0.05) is 18.6 Å². The van der Waals surface area contributed by atoms with Gasteiger partial charge in [-0.15, -0.1) is 0 Å². The predicted molar refractivity (Wildman–Crippen MR) is 85.4 cm³/mol. The quantitative estimate of drug-likeness (QED) is 0.648. The zero-order valence-corrected chi connectivity index (χ0v) is 12.9. The summed E-state index contributed by atoms with van der Waals surface area (Å²) >= 11 is 0. The van der Waals surface area contributed by atoms with Crippen LogP contribution in [0.5, 0.6) is 0 Å². The molecule has 2 aliphatic rings. The summed E-state index contributed by atoms with van der Waals surface area (Å²) in [7, 11) is 0. The van der Waals surface area contributed by atoms with Crippen LogP contribution < -0.4 is 11.1 Å². The summed E-state index contributed by atoms with van der Waals surface area (Å²) < 4.78 is 18.6. The average Bonchev–Trinajstić information content (AvgIpc) is 2.99. The molecule has 1 aliphatic heterocycles. The van der Waals surface area contributed by atoms with E-state index in [2.05, 4.69) is 10.3 Å². The van der Waals surface area contributed by atoms with Crippen LogP contribution in [0.3, 0.4) is 0 Å². The number of rotatable bonds is 5. The van der Waals surface area contributed by atoms with Gasteiger partial charge in [-0.05, 0) is 43.4 Å². The first-order valence-corrected chi connectivity index (χ1v) is 8.09. The average molecular weight is 305 g/mol. The van der Waals surface area contributed by atoms with Crippen LogP contribution in [0.15, 0.2) is 29.3 Å². The standard InChI is InChI=1S/C17H24FN3O/c18-14-6-4-13(5-7-14)17(8-2-9-17)12-21-16(19)20-11-15-3-1-10-22-15/h4-7,15H,1-3,8-12H2,(H3,19,20,21). The Labute approximate surface area is 130 Å². The van der Waals surface area contributed by atoms with Crippen LogP contribution in [0.4, 0.5) is 4.39 Å². The van der Waals surface area contributed by atoms with Crippen LogP contribution in [0, 0.1) is 5.82 Å². The highest BCUT2D eigenvalue weighted by molar-refractivity contribution is 5.77. The second kappa shape index (κ2) is 6.65. The van der Waals surface area contributed by atoms with Gasteiger partial charge in [-0.3, -0.25) is 4.99 Å². The van der Waals surface area contributed by atoms with Gasteiger partial charge < -0.3 is 15.8 Å². The van der Waals surface area contributed by atoms with Crippen molar-refractivity contribution in [3.8, 4) is 0 Å². The molecule has 22 heavy (non-hydrogen) atoms. The fourth-order valence-corrected chi connectivity index (χ4v) is 3.26. The molecule has 1 aromatic carbocycles. The molecule has 2 fully saturated rings. The van der Waals surface area contributed by atoms with Crippen molar-refractivity contribution in [2.24, 2.45) is 10.7 Å². The van der Waals surface area contributed by atoms with Crippen molar-refractivity contribution < 1.29 is 9.13 Å². The number of nitrogens with two attached hydrogens (primary N) is 1. The number of nitrogens with one attached hydrogen (secondary N) is 1. The predicted octanol–water partition coefficient (Wildman–Crippen LogP) is 2.33. The molecule has 0 aromatic heterocycles. The Morgan fingerprint density at radius 3 is 2.68 bits per heavy atom. The first-order chi connectivity index (χ1) is 10.7. The number of benzene rings is 1. The maximum absolute atomic E-state index is 13.1. The summed E-state index contributed by atoms with van der Waals surface area (Å²) in [4.78, 5) is 4.51. The molecule has 0 amide bonds. The summed E-state index contributed by atoms with van der Waals surface area (Å²) in [5.41, 5.74) is 7.16. The zero-order valence-electron chi connectivity index (χ0n) is 12.9. The third-order valence-electron chi connectivity index (χ3n) is 4.85. The Morgan fingerprint density at radius 2 is 2.09 bits per heavy atom. The SMILES string of the molecule is NC(=NCC1(c2ccc(F)cc2)CCC1)NCC1CCCO1. The first-order valence-electron chi connectivity index (χ1n) is 8.09. The number of nitrogens with zero attached hydrogens (tertiary/aromatic N) is 1. The molecule has 0 spiro atoms. The van der Waals surface area contributed by atoms with Crippen LogP contribution in [0.1, 0.15) is 37.7 Å². The van der Waals surface area contributed by atoms with Crippen molar-refractivity contribution in [2.75, 3.05) is 19.7 Å². The molecule has 1 aliphatic carbocycles. The molecule has 1 saturated heterocycles. The summed E-state index contributed by atoms with van der Waals surface area (Å²) in [5.74, 6) is 0.281. The third-order valence-corrected chi connectivity index (χ3v) is 4.85. The lowest BCUT2D eigenvalue weighted by Crippen LogP contribution is -2.41. The summed E-state index contributed by atoms with van der Waals surface area (Å²) in [6.45, 7) is 2.22. The normalized spacial score (nSPS) is 24.0. The van der Waals surface area contributed by atoms with Crippen LogP contribution in [0.2, 0.25) is 0 Å².